The first kappa shape index (κ1) is 18.9. The van der Waals surface area contributed by atoms with Gasteiger partial charge in [0.05, 0.1) is 17.6 Å². The molecule has 2 saturated heterocycles. The molecule has 1 aromatic heterocycles. The molecule has 0 bridgehead atoms. The Labute approximate surface area is 161 Å². The predicted octanol–water partition coefficient (Wildman–Crippen LogP) is 2.11. The van der Waals surface area contributed by atoms with Gasteiger partial charge >= 0.3 is 0 Å². The Bertz CT molecular complexity index is 889. The van der Waals surface area contributed by atoms with Gasteiger partial charge < -0.3 is 4.98 Å². The largest absolute Gasteiger partial charge is 0.341 e. The van der Waals surface area contributed by atoms with E-state index in [4.69, 9.17) is 0 Å². The van der Waals surface area contributed by atoms with Crippen LogP contribution in [0.5, 0.6) is 0 Å². The summed E-state index contributed by atoms with van der Waals surface area (Å²) in [5.74, 6) is 0.947. The molecule has 27 heavy (non-hydrogen) atoms. The van der Waals surface area contributed by atoms with Crippen LogP contribution in [-0.2, 0) is 16.8 Å². The van der Waals surface area contributed by atoms with Crippen molar-refractivity contribution in [2.45, 2.75) is 39.2 Å². The lowest BCUT2D eigenvalue weighted by Crippen LogP contribution is -2.47. The van der Waals surface area contributed by atoms with Gasteiger partial charge in [0.25, 0.3) is 10.2 Å². The summed E-state index contributed by atoms with van der Waals surface area (Å²) in [6, 6.07) is 6.23. The first-order valence-corrected chi connectivity index (χ1v) is 11.3. The van der Waals surface area contributed by atoms with Crippen molar-refractivity contribution in [3.05, 3.63) is 29.6 Å². The topological polar surface area (TPSA) is 72.5 Å². The van der Waals surface area contributed by atoms with E-state index < -0.39 is 10.2 Å². The van der Waals surface area contributed by atoms with Crippen LogP contribution in [0.1, 0.15) is 37.1 Å². The highest BCUT2D eigenvalue weighted by molar-refractivity contribution is 7.86. The standard InChI is InChI=1S/C19H29N5O2S/c1-16-6-7-17-18(14-16)21-19(20-17)15-22-8-5-11-24(13-12-22)27(25,26)23-9-3-2-4-10-23/h6-7,14H,2-5,8-13,15H2,1H3,(H,20,21). The Morgan fingerprint density at radius 2 is 1.70 bits per heavy atom. The number of rotatable bonds is 4. The molecule has 3 heterocycles. The van der Waals surface area contributed by atoms with Crippen molar-refractivity contribution in [2.75, 3.05) is 39.3 Å². The quantitative estimate of drug-likeness (QED) is 0.866. The third-order valence-corrected chi connectivity index (χ3v) is 7.61. The van der Waals surface area contributed by atoms with E-state index in [1.54, 1.807) is 8.61 Å². The number of fused-ring (bicyclic) bond motifs is 1. The summed E-state index contributed by atoms with van der Waals surface area (Å²) in [4.78, 5) is 10.4. The van der Waals surface area contributed by atoms with Crippen molar-refractivity contribution in [2.24, 2.45) is 0 Å². The molecule has 0 atom stereocenters. The van der Waals surface area contributed by atoms with Crippen LogP contribution in [0.25, 0.3) is 11.0 Å². The molecule has 148 valence electrons. The van der Waals surface area contributed by atoms with Gasteiger partial charge in [-0.05, 0) is 50.4 Å². The first-order valence-electron chi connectivity index (χ1n) is 9.95. The minimum Gasteiger partial charge on any atom is -0.341 e. The number of aromatic nitrogens is 2. The summed E-state index contributed by atoms with van der Waals surface area (Å²) in [7, 11) is -3.31. The van der Waals surface area contributed by atoms with E-state index in [2.05, 4.69) is 33.9 Å². The average molecular weight is 392 g/mol. The molecule has 8 heteroatoms. The van der Waals surface area contributed by atoms with Crippen molar-refractivity contribution in [3.63, 3.8) is 0 Å². The summed E-state index contributed by atoms with van der Waals surface area (Å²) >= 11 is 0. The van der Waals surface area contributed by atoms with Gasteiger partial charge in [0.2, 0.25) is 0 Å². The van der Waals surface area contributed by atoms with Crippen molar-refractivity contribution in [1.29, 1.82) is 0 Å². The van der Waals surface area contributed by atoms with Gasteiger partial charge in [-0.2, -0.15) is 17.0 Å². The molecule has 2 aromatic rings. The van der Waals surface area contributed by atoms with Gasteiger partial charge in [-0.15, -0.1) is 0 Å². The number of imidazole rings is 1. The number of nitrogens with one attached hydrogen (secondary N) is 1. The molecule has 4 rings (SSSR count). The monoisotopic (exact) mass is 391 g/mol. The molecule has 7 nitrogen and oxygen atoms in total. The van der Waals surface area contributed by atoms with Gasteiger partial charge in [0.1, 0.15) is 5.82 Å². The van der Waals surface area contributed by atoms with Gasteiger partial charge in [0.15, 0.2) is 0 Å². The van der Waals surface area contributed by atoms with Crippen LogP contribution in [0.4, 0.5) is 0 Å². The molecule has 0 radical (unpaired) electrons. The summed E-state index contributed by atoms with van der Waals surface area (Å²) in [6.07, 6.45) is 3.94. The van der Waals surface area contributed by atoms with E-state index in [1.165, 1.54) is 5.56 Å². The van der Waals surface area contributed by atoms with Crippen molar-refractivity contribution >= 4 is 21.2 Å². The van der Waals surface area contributed by atoms with Gasteiger partial charge in [-0.25, -0.2) is 4.98 Å². The Kier molecular flexibility index (Phi) is 5.50. The number of benzene rings is 1. The lowest BCUT2D eigenvalue weighted by Gasteiger charge is -2.31. The zero-order valence-corrected chi connectivity index (χ0v) is 16.8. The van der Waals surface area contributed by atoms with Crippen LogP contribution >= 0.6 is 0 Å². The maximum atomic E-state index is 12.9. The normalized spacial score (nSPS) is 21.5. The number of aromatic amines is 1. The van der Waals surface area contributed by atoms with Crippen LogP contribution in [0.2, 0.25) is 0 Å². The van der Waals surface area contributed by atoms with Crippen molar-refractivity contribution < 1.29 is 8.42 Å². The number of H-pyrrole nitrogens is 1. The van der Waals surface area contributed by atoms with Gasteiger partial charge in [-0.1, -0.05) is 12.5 Å². The maximum Gasteiger partial charge on any atom is 0.282 e. The third kappa shape index (κ3) is 4.18. The van der Waals surface area contributed by atoms with E-state index in [-0.39, 0.29) is 0 Å². The lowest BCUT2D eigenvalue weighted by molar-refractivity contribution is 0.267. The summed E-state index contributed by atoms with van der Waals surface area (Å²) in [6.45, 7) is 6.93. The number of hydrogen-bond donors (Lipinski definition) is 1. The molecule has 0 spiro atoms. The van der Waals surface area contributed by atoms with Crippen LogP contribution in [0, 0.1) is 6.92 Å². The Hall–Kier alpha value is -1.48. The second-order valence-corrected chi connectivity index (χ2v) is 9.63. The van der Waals surface area contributed by atoms with Gasteiger partial charge in [0, 0.05) is 32.7 Å². The molecule has 0 saturated carbocycles. The molecule has 0 aliphatic carbocycles. The highest BCUT2D eigenvalue weighted by atomic mass is 32.2. The van der Waals surface area contributed by atoms with Crippen molar-refractivity contribution in [1.82, 2.24) is 23.5 Å². The molecule has 1 aromatic carbocycles. The average Bonchev–Trinajstić information content (AvgIpc) is 2.89. The fourth-order valence-corrected chi connectivity index (χ4v) is 5.78. The molecule has 2 fully saturated rings. The lowest BCUT2D eigenvalue weighted by atomic mass is 10.2. The molecule has 2 aliphatic heterocycles. The third-order valence-electron chi connectivity index (χ3n) is 5.57. The number of nitrogens with zero attached hydrogens (tertiary/aromatic N) is 4. The van der Waals surface area contributed by atoms with E-state index in [1.807, 2.05) is 6.07 Å². The highest BCUT2D eigenvalue weighted by Crippen LogP contribution is 2.19. The molecule has 0 amide bonds. The van der Waals surface area contributed by atoms with Crippen LogP contribution in [0.3, 0.4) is 0 Å². The van der Waals surface area contributed by atoms with Crippen LogP contribution in [0.15, 0.2) is 18.2 Å². The smallest absolute Gasteiger partial charge is 0.282 e. The fourth-order valence-electron chi connectivity index (χ4n) is 4.06. The number of aryl methyl sites for hydroxylation is 1. The zero-order chi connectivity index (χ0) is 18.9. The molecule has 1 N–H and O–H groups in total. The summed E-state index contributed by atoms with van der Waals surface area (Å²) in [5.41, 5.74) is 3.26. The minimum atomic E-state index is -3.31. The van der Waals surface area contributed by atoms with E-state index >= 15 is 0 Å². The zero-order valence-electron chi connectivity index (χ0n) is 16.0. The minimum absolute atomic E-state index is 0.554. The molecule has 2 aliphatic rings. The molecular formula is C19H29N5O2S. The summed E-state index contributed by atoms with van der Waals surface area (Å²) in [5, 5.41) is 0. The SMILES string of the molecule is Cc1ccc2nc(CN3CCCN(S(=O)(=O)N4CCCCC4)CC3)[nH]c2c1. The first-order chi connectivity index (χ1) is 13.0. The highest BCUT2D eigenvalue weighted by Gasteiger charge is 2.31. The Morgan fingerprint density at radius 1 is 0.963 bits per heavy atom. The van der Waals surface area contributed by atoms with Crippen LogP contribution < -0.4 is 0 Å². The number of piperidine rings is 1. The van der Waals surface area contributed by atoms with Crippen molar-refractivity contribution in [3.8, 4) is 0 Å². The van der Waals surface area contributed by atoms with Crippen LogP contribution in [-0.4, -0.2) is 71.2 Å². The predicted molar refractivity (Wildman–Crippen MR) is 107 cm³/mol. The number of hydrogen-bond acceptors (Lipinski definition) is 4. The van der Waals surface area contributed by atoms with E-state index in [0.717, 1.165) is 62.2 Å². The second-order valence-electron chi connectivity index (χ2n) is 7.70. The van der Waals surface area contributed by atoms with Gasteiger partial charge in [-0.3, -0.25) is 4.90 Å². The Balaban J connectivity index is 1.40. The second kappa shape index (κ2) is 7.87. The van der Waals surface area contributed by atoms with E-state index in [9.17, 15) is 8.42 Å². The fraction of sp³-hybridized carbons (Fsp3) is 0.632. The van der Waals surface area contributed by atoms with E-state index in [0.29, 0.717) is 26.2 Å². The summed E-state index contributed by atoms with van der Waals surface area (Å²) < 4.78 is 29.2. The molecular weight excluding hydrogens is 362 g/mol. The molecule has 0 unspecified atom stereocenters. The maximum absolute atomic E-state index is 12.9. The Morgan fingerprint density at radius 3 is 2.52 bits per heavy atom.